The molecule has 0 spiro atoms. The normalized spacial score (nSPS) is 19.1. The summed E-state index contributed by atoms with van der Waals surface area (Å²) in [7, 11) is 0. The first-order valence-corrected chi connectivity index (χ1v) is 10.1. The Morgan fingerprint density at radius 3 is 2.62 bits per heavy atom. The van der Waals surface area contributed by atoms with Crippen LogP contribution in [0.15, 0.2) is 27.4 Å². The van der Waals surface area contributed by atoms with Gasteiger partial charge in [0.2, 0.25) is 0 Å². The second kappa shape index (κ2) is 9.11. The second-order valence-electron chi connectivity index (χ2n) is 7.63. The molecule has 0 atom stereocenters. The van der Waals surface area contributed by atoms with Crippen molar-refractivity contribution in [2.45, 2.75) is 46.0 Å². The van der Waals surface area contributed by atoms with Crippen molar-refractivity contribution in [1.29, 1.82) is 0 Å². The smallest absolute Gasteiger partial charge is 0.339 e. The molecule has 0 saturated heterocycles. The minimum Gasteiger partial charge on any atom is -0.550 e. The molecule has 7 nitrogen and oxygen atoms in total. The zero-order valence-corrected chi connectivity index (χ0v) is 16.8. The van der Waals surface area contributed by atoms with Gasteiger partial charge in [-0.05, 0) is 68.6 Å². The van der Waals surface area contributed by atoms with Crippen molar-refractivity contribution in [3.63, 3.8) is 0 Å². The molecule has 1 N–H and O–H groups in total. The average molecular weight is 400 g/mol. The summed E-state index contributed by atoms with van der Waals surface area (Å²) in [5.41, 5.74) is 1.66. The number of hydrogen-bond acceptors (Lipinski definition) is 6. The number of carboxylic acids is 1. The number of carbonyl (C=O) groups is 2. The summed E-state index contributed by atoms with van der Waals surface area (Å²) in [6.45, 7) is 4.17. The molecule has 1 aliphatic rings. The summed E-state index contributed by atoms with van der Waals surface area (Å²) in [6.07, 6.45) is 3.34. The fourth-order valence-corrected chi connectivity index (χ4v) is 3.93. The van der Waals surface area contributed by atoms with Crippen LogP contribution in [-0.2, 0) is 16.0 Å². The lowest BCUT2D eigenvalue weighted by Crippen LogP contribution is -2.37. The molecule has 2 aromatic rings. The van der Waals surface area contributed by atoms with Gasteiger partial charge in [-0.15, -0.1) is 0 Å². The van der Waals surface area contributed by atoms with Crippen LogP contribution in [0, 0.1) is 18.8 Å². The number of carboxylic acid groups (broad SMARTS) is 1. The van der Waals surface area contributed by atoms with Crippen molar-refractivity contribution in [3.8, 4) is 5.75 Å². The molecule has 0 bridgehead atoms. The van der Waals surface area contributed by atoms with Gasteiger partial charge in [-0.2, -0.15) is 0 Å². The van der Waals surface area contributed by atoms with Crippen LogP contribution in [0.5, 0.6) is 5.75 Å². The van der Waals surface area contributed by atoms with E-state index < -0.39 is 5.97 Å². The Hall–Kier alpha value is -2.83. The van der Waals surface area contributed by atoms with Gasteiger partial charge in [0.05, 0.1) is 0 Å². The maximum Gasteiger partial charge on any atom is 0.339 e. The van der Waals surface area contributed by atoms with E-state index in [9.17, 15) is 19.5 Å². The van der Waals surface area contributed by atoms with Crippen LogP contribution in [0.2, 0.25) is 0 Å². The molecule has 1 aliphatic carbocycles. The lowest BCUT2D eigenvalue weighted by atomic mass is 9.82. The van der Waals surface area contributed by atoms with E-state index in [0.717, 1.165) is 23.8 Å². The minimum atomic E-state index is -0.979. The molecule has 3 rings (SSSR count). The van der Waals surface area contributed by atoms with E-state index in [1.54, 1.807) is 12.1 Å². The van der Waals surface area contributed by atoms with Crippen LogP contribution < -0.4 is 20.8 Å². The molecule has 0 radical (unpaired) electrons. The van der Waals surface area contributed by atoms with E-state index in [2.05, 4.69) is 5.32 Å². The number of ether oxygens (including phenoxy) is 1. The Labute approximate surface area is 169 Å². The summed E-state index contributed by atoms with van der Waals surface area (Å²) in [5.74, 6) is -0.858. The second-order valence-corrected chi connectivity index (χ2v) is 7.63. The van der Waals surface area contributed by atoms with Crippen molar-refractivity contribution in [2.75, 3.05) is 13.2 Å². The Balaban J connectivity index is 1.52. The Morgan fingerprint density at radius 1 is 1.24 bits per heavy atom. The molecule has 1 aromatic heterocycles. The molecule has 1 aromatic carbocycles. The maximum absolute atomic E-state index is 12.1. The Bertz CT molecular complexity index is 956. The van der Waals surface area contributed by atoms with E-state index in [0.29, 0.717) is 42.7 Å². The van der Waals surface area contributed by atoms with Crippen molar-refractivity contribution in [1.82, 2.24) is 5.32 Å². The summed E-state index contributed by atoms with van der Waals surface area (Å²) in [6, 6.07) is 5.21. The lowest BCUT2D eigenvalue weighted by molar-refractivity contribution is -0.312. The van der Waals surface area contributed by atoms with Crippen molar-refractivity contribution in [2.24, 2.45) is 11.8 Å². The van der Waals surface area contributed by atoms with E-state index >= 15 is 0 Å². The third kappa shape index (κ3) is 4.96. The lowest BCUT2D eigenvalue weighted by Gasteiger charge is -2.29. The first-order valence-electron chi connectivity index (χ1n) is 10.1. The highest BCUT2D eigenvalue weighted by molar-refractivity contribution is 5.82. The number of fused-ring (bicyclic) bond motifs is 1. The molecular formula is C22H26NO6-. The zero-order chi connectivity index (χ0) is 21.0. The van der Waals surface area contributed by atoms with Crippen LogP contribution >= 0.6 is 0 Å². The summed E-state index contributed by atoms with van der Waals surface area (Å²) in [4.78, 5) is 35.0. The molecule has 0 aliphatic heterocycles. The van der Waals surface area contributed by atoms with Crippen LogP contribution in [0.4, 0.5) is 0 Å². The fourth-order valence-electron chi connectivity index (χ4n) is 3.93. The third-order valence-corrected chi connectivity index (χ3v) is 5.75. The third-order valence-electron chi connectivity index (χ3n) is 5.75. The topological polar surface area (TPSA) is 109 Å². The van der Waals surface area contributed by atoms with Crippen molar-refractivity contribution < 1.29 is 23.8 Å². The average Bonchev–Trinajstić information content (AvgIpc) is 2.71. The highest BCUT2D eigenvalue weighted by Gasteiger charge is 2.22. The molecule has 0 unspecified atom stereocenters. The molecule has 29 heavy (non-hydrogen) atoms. The van der Waals surface area contributed by atoms with Gasteiger partial charge in [-0.25, -0.2) is 4.79 Å². The monoisotopic (exact) mass is 400 g/mol. The summed E-state index contributed by atoms with van der Waals surface area (Å²) < 4.78 is 10.9. The molecule has 1 heterocycles. The van der Waals surface area contributed by atoms with Gasteiger partial charge in [0.25, 0.3) is 5.91 Å². The van der Waals surface area contributed by atoms with Crippen LogP contribution in [0.1, 0.15) is 43.7 Å². The van der Waals surface area contributed by atoms with Crippen LogP contribution in [0.3, 0.4) is 0 Å². The molecular weight excluding hydrogens is 374 g/mol. The zero-order valence-electron chi connectivity index (χ0n) is 16.8. The van der Waals surface area contributed by atoms with E-state index in [1.165, 1.54) is 0 Å². The number of aliphatic carboxylic acids is 1. The highest BCUT2D eigenvalue weighted by atomic mass is 16.5. The highest BCUT2D eigenvalue weighted by Crippen LogP contribution is 2.28. The molecule has 7 heteroatoms. The predicted molar refractivity (Wildman–Crippen MR) is 106 cm³/mol. The van der Waals surface area contributed by atoms with Crippen molar-refractivity contribution in [3.05, 3.63) is 39.7 Å². The van der Waals surface area contributed by atoms with Gasteiger partial charge < -0.3 is 24.4 Å². The van der Waals surface area contributed by atoms with Gasteiger partial charge in [-0.3, -0.25) is 4.79 Å². The molecule has 1 fully saturated rings. The number of amides is 1. The van der Waals surface area contributed by atoms with Gasteiger partial charge in [0, 0.05) is 29.5 Å². The van der Waals surface area contributed by atoms with Crippen LogP contribution in [0.25, 0.3) is 11.0 Å². The number of aryl methyl sites for hydroxylation is 1. The first kappa shape index (κ1) is 20.9. The van der Waals surface area contributed by atoms with E-state index in [1.807, 2.05) is 19.9 Å². The molecule has 1 saturated carbocycles. The van der Waals surface area contributed by atoms with Crippen LogP contribution in [-0.4, -0.2) is 25.0 Å². The number of hydrogen-bond donors (Lipinski definition) is 1. The Kier molecular flexibility index (Phi) is 6.56. The molecule has 156 valence electrons. The molecule has 1 amide bonds. The maximum atomic E-state index is 12.1. The first-order chi connectivity index (χ1) is 13.9. The summed E-state index contributed by atoms with van der Waals surface area (Å²) in [5, 5.41) is 14.6. The predicted octanol–water partition coefficient (Wildman–Crippen LogP) is 1.72. The van der Waals surface area contributed by atoms with Gasteiger partial charge >= 0.3 is 5.63 Å². The quantitative estimate of drug-likeness (QED) is 0.709. The van der Waals surface area contributed by atoms with E-state index in [-0.39, 0.29) is 30.0 Å². The van der Waals surface area contributed by atoms with Gasteiger partial charge in [0.15, 0.2) is 6.61 Å². The standard InChI is InChI=1S/C22H27NO6/c1-3-17-13(2)18-9-8-16(10-19(18)29-22(17)27)28-12-20(24)23-11-14-4-6-15(7-5-14)21(25)26/h8-10,14-15H,3-7,11-12H2,1-2H3,(H,23,24)(H,25,26)/p-1. The van der Waals surface area contributed by atoms with Crippen molar-refractivity contribution >= 4 is 22.8 Å². The van der Waals surface area contributed by atoms with Gasteiger partial charge in [-0.1, -0.05) is 6.92 Å². The van der Waals surface area contributed by atoms with E-state index in [4.69, 9.17) is 9.15 Å². The minimum absolute atomic E-state index is 0.143. The van der Waals surface area contributed by atoms with Gasteiger partial charge in [0.1, 0.15) is 11.3 Å². The number of carbonyl (C=O) groups excluding carboxylic acids is 2. The number of nitrogens with one attached hydrogen (secondary N) is 1. The number of benzene rings is 1. The SMILES string of the molecule is CCc1c(C)c2ccc(OCC(=O)NCC3CCC(C(=O)[O-])CC3)cc2oc1=O. The largest absolute Gasteiger partial charge is 0.550 e. The number of rotatable bonds is 7. The Morgan fingerprint density at radius 2 is 1.97 bits per heavy atom. The summed E-state index contributed by atoms with van der Waals surface area (Å²) >= 11 is 0. The fraction of sp³-hybridized carbons (Fsp3) is 0.500.